The van der Waals surface area contributed by atoms with Crippen molar-refractivity contribution in [3.8, 4) is 11.5 Å². The summed E-state index contributed by atoms with van der Waals surface area (Å²) in [6, 6.07) is 22.9. The molecule has 176 valence electrons. The molecule has 0 aromatic heterocycles. The minimum absolute atomic E-state index is 0.0240. The molecule has 1 fully saturated rings. The highest BCUT2D eigenvalue weighted by Gasteiger charge is 2.26. The van der Waals surface area contributed by atoms with Crippen LogP contribution in [0.2, 0.25) is 0 Å². The third-order valence-corrected chi connectivity index (χ3v) is 6.22. The third kappa shape index (κ3) is 6.45. The van der Waals surface area contributed by atoms with E-state index in [0.717, 1.165) is 54.4 Å². The lowest BCUT2D eigenvalue weighted by Crippen LogP contribution is -2.41. The predicted molar refractivity (Wildman–Crippen MR) is 135 cm³/mol. The fourth-order valence-electron chi connectivity index (χ4n) is 4.05. The van der Waals surface area contributed by atoms with E-state index >= 15 is 0 Å². The fourth-order valence-corrected chi connectivity index (χ4v) is 4.05. The summed E-state index contributed by atoms with van der Waals surface area (Å²) < 4.78 is 5.80. The molecule has 1 heterocycles. The molecule has 4 rings (SSSR count). The van der Waals surface area contributed by atoms with Gasteiger partial charge in [0.1, 0.15) is 11.5 Å². The molecule has 3 aromatic rings. The van der Waals surface area contributed by atoms with Crippen molar-refractivity contribution in [1.29, 1.82) is 0 Å². The summed E-state index contributed by atoms with van der Waals surface area (Å²) >= 11 is 0. The zero-order valence-electron chi connectivity index (χ0n) is 19.7. The summed E-state index contributed by atoms with van der Waals surface area (Å²) in [7, 11) is 0. The molecule has 2 N–H and O–H groups in total. The number of nitrogens with zero attached hydrogens (tertiary/aromatic N) is 1. The van der Waals surface area contributed by atoms with E-state index in [1.807, 2.05) is 79.7 Å². The molecule has 1 aliphatic rings. The number of aryl methyl sites for hydroxylation is 2. The van der Waals surface area contributed by atoms with Crippen molar-refractivity contribution < 1.29 is 14.3 Å². The van der Waals surface area contributed by atoms with E-state index in [2.05, 4.69) is 22.5 Å². The Bertz CT molecular complexity index is 1120. The molecule has 0 unspecified atom stereocenters. The van der Waals surface area contributed by atoms with Crippen LogP contribution in [0.1, 0.15) is 24.0 Å². The Hall–Kier alpha value is -3.64. The Balaban J connectivity index is 1.21. The van der Waals surface area contributed by atoms with Crippen LogP contribution in [0.5, 0.6) is 11.5 Å². The standard InChI is InChI=1S/C28H31N3O3/c1-20-8-9-24(18-21(20)2)29-27(32)19-31-16-14-22(15-17-31)28(33)30-23-10-12-26(13-11-23)34-25-6-4-3-5-7-25/h3-13,18,22H,14-17,19H2,1-2H3,(H,29,32)(H,30,33). The maximum Gasteiger partial charge on any atom is 0.238 e. The Morgan fingerprint density at radius 3 is 2.15 bits per heavy atom. The van der Waals surface area contributed by atoms with Gasteiger partial charge >= 0.3 is 0 Å². The smallest absolute Gasteiger partial charge is 0.238 e. The zero-order valence-corrected chi connectivity index (χ0v) is 19.7. The van der Waals surface area contributed by atoms with Crippen LogP contribution in [-0.2, 0) is 9.59 Å². The molecule has 0 spiro atoms. The Morgan fingerprint density at radius 2 is 1.47 bits per heavy atom. The van der Waals surface area contributed by atoms with Gasteiger partial charge in [-0.05, 0) is 99.4 Å². The van der Waals surface area contributed by atoms with Crippen LogP contribution in [-0.4, -0.2) is 36.3 Å². The normalized spacial score (nSPS) is 14.4. The number of ether oxygens (including phenoxy) is 1. The minimum Gasteiger partial charge on any atom is -0.457 e. The second kappa shape index (κ2) is 11.0. The van der Waals surface area contributed by atoms with Crippen LogP contribution in [0, 0.1) is 19.8 Å². The molecule has 2 amide bonds. The molecular weight excluding hydrogens is 426 g/mol. The van der Waals surface area contributed by atoms with Crippen LogP contribution in [0.25, 0.3) is 0 Å². The Labute approximate surface area is 200 Å². The molecule has 1 aliphatic heterocycles. The molecule has 6 nitrogen and oxygen atoms in total. The van der Waals surface area contributed by atoms with E-state index < -0.39 is 0 Å². The van der Waals surface area contributed by atoms with Gasteiger partial charge in [0.2, 0.25) is 11.8 Å². The third-order valence-electron chi connectivity index (χ3n) is 6.22. The first kappa shape index (κ1) is 23.5. The summed E-state index contributed by atoms with van der Waals surface area (Å²) in [5, 5.41) is 5.98. The van der Waals surface area contributed by atoms with Crippen molar-refractivity contribution in [3.05, 3.63) is 83.9 Å². The number of rotatable bonds is 7. The fraction of sp³-hybridized carbons (Fsp3) is 0.286. The maximum atomic E-state index is 12.7. The van der Waals surface area contributed by atoms with Gasteiger partial charge in [-0.2, -0.15) is 0 Å². The van der Waals surface area contributed by atoms with Crippen molar-refractivity contribution in [2.24, 2.45) is 5.92 Å². The van der Waals surface area contributed by atoms with E-state index in [0.29, 0.717) is 6.54 Å². The SMILES string of the molecule is Cc1ccc(NC(=O)CN2CCC(C(=O)Nc3ccc(Oc4ccccc4)cc3)CC2)cc1C. The average Bonchev–Trinajstić information content (AvgIpc) is 2.84. The number of nitrogens with one attached hydrogen (secondary N) is 2. The highest BCUT2D eigenvalue weighted by molar-refractivity contribution is 5.93. The number of amides is 2. The van der Waals surface area contributed by atoms with Crippen molar-refractivity contribution in [3.63, 3.8) is 0 Å². The number of likely N-dealkylation sites (tertiary alicyclic amines) is 1. The van der Waals surface area contributed by atoms with E-state index in [4.69, 9.17) is 4.74 Å². The number of hydrogen-bond acceptors (Lipinski definition) is 4. The van der Waals surface area contributed by atoms with Crippen LogP contribution in [0.15, 0.2) is 72.8 Å². The average molecular weight is 458 g/mol. The lowest BCUT2D eigenvalue weighted by Gasteiger charge is -2.30. The lowest BCUT2D eigenvalue weighted by atomic mass is 9.96. The van der Waals surface area contributed by atoms with Gasteiger partial charge in [-0.25, -0.2) is 0 Å². The number of carbonyl (C=O) groups excluding carboxylic acids is 2. The van der Waals surface area contributed by atoms with Gasteiger partial charge in [-0.1, -0.05) is 24.3 Å². The monoisotopic (exact) mass is 457 g/mol. The molecular formula is C28H31N3O3. The molecule has 6 heteroatoms. The van der Waals surface area contributed by atoms with Gasteiger partial charge in [-0.15, -0.1) is 0 Å². The lowest BCUT2D eigenvalue weighted by molar-refractivity contribution is -0.121. The molecule has 1 saturated heterocycles. The van der Waals surface area contributed by atoms with E-state index in [1.165, 1.54) is 5.56 Å². The zero-order chi connectivity index (χ0) is 23.9. The highest BCUT2D eigenvalue weighted by atomic mass is 16.5. The predicted octanol–water partition coefficient (Wildman–Crippen LogP) is 5.38. The summed E-state index contributed by atoms with van der Waals surface area (Å²) in [6.45, 7) is 5.87. The van der Waals surface area contributed by atoms with Gasteiger partial charge in [0, 0.05) is 17.3 Å². The first-order valence-electron chi connectivity index (χ1n) is 11.7. The maximum absolute atomic E-state index is 12.7. The number of anilines is 2. The van der Waals surface area contributed by atoms with E-state index in [1.54, 1.807) is 0 Å². The quantitative estimate of drug-likeness (QED) is 0.499. The summed E-state index contributed by atoms with van der Waals surface area (Å²) in [4.78, 5) is 27.3. The molecule has 0 saturated carbocycles. The van der Waals surface area contributed by atoms with Crippen LogP contribution in [0.4, 0.5) is 11.4 Å². The number of hydrogen-bond donors (Lipinski definition) is 2. The molecule has 0 atom stereocenters. The van der Waals surface area contributed by atoms with Crippen molar-refractivity contribution in [2.75, 3.05) is 30.3 Å². The molecule has 3 aromatic carbocycles. The van der Waals surface area contributed by atoms with Crippen LogP contribution >= 0.6 is 0 Å². The first-order chi connectivity index (χ1) is 16.5. The molecule has 34 heavy (non-hydrogen) atoms. The van der Waals surface area contributed by atoms with Gasteiger partial charge in [-0.3, -0.25) is 14.5 Å². The molecule has 0 bridgehead atoms. The largest absolute Gasteiger partial charge is 0.457 e. The summed E-state index contributed by atoms with van der Waals surface area (Å²) in [5.74, 6) is 1.43. The summed E-state index contributed by atoms with van der Waals surface area (Å²) in [6.07, 6.45) is 1.47. The highest BCUT2D eigenvalue weighted by Crippen LogP contribution is 2.24. The van der Waals surface area contributed by atoms with Crippen molar-refractivity contribution >= 4 is 23.2 Å². The molecule has 0 aliphatic carbocycles. The van der Waals surface area contributed by atoms with Crippen molar-refractivity contribution in [1.82, 2.24) is 4.90 Å². The van der Waals surface area contributed by atoms with Gasteiger partial charge in [0.05, 0.1) is 6.54 Å². The number of benzene rings is 3. The van der Waals surface area contributed by atoms with Gasteiger partial charge in [0.15, 0.2) is 0 Å². The number of piperidine rings is 1. The number of para-hydroxylation sites is 1. The second-order valence-corrected chi connectivity index (χ2v) is 8.83. The first-order valence-corrected chi connectivity index (χ1v) is 11.7. The van der Waals surface area contributed by atoms with Crippen molar-refractivity contribution in [2.45, 2.75) is 26.7 Å². The van der Waals surface area contributed by atoms with Gasteiger partial charge < -0.3 is 15.4 Å². The van der Waals surface area contributed by atoms with Crippen LogP contribution < -0.4 is 15.4 Å². The van der Waals surface area contributed by atoms with E-state index in [-0.39, 0.29) is 17.7 Å². The second-order valence-electron chi connectivity index (χ2n) is 8.83. The van der Waals surface area contributed by atoms with Crippen LogP contribution in [0.3, 0.4) is 0 Å². The summed E-state index contributed by atoms with van der Waals surface area (Å²) in [5.41, 5.74) is 3.93. The number of carbonyl (C=O) groups is 2. The minimum atomic E-state index is -0.0562. The van der Waals surface area contributed by atoms with Gasteiger partial charge in [0.25, 0.3) is 0 Å². The van der Waals surface area contributed by atoms with E-state index in [9.17, 15) is 9.59 Å². The topological polar surface area (TPSA) is 70.7 Å². The Kier molecular flexibility index (Phi) is 7.60. The Morgan fingerprint density at radius 1 is 0.824 bits per heavy atom. The molecule has 0 radical (unpaired) electrons.